The van der Waals surface area contributed by atoms with E-state index in [9.17, 15) is 9.59 Å². The Morgan fingerprint density at radius 1 is 1.18 bits per heavy atom. The summed E-state index contributed by atoms with van der Waals surface area (Å²) in [6.45, 7) is 4.35. The number of hydrazone groups is 1. The summed E-state index contributed by atoms with van der Waals surface area (Å²) in [4.78, 5) is 35.2. The van der Waals surface area contributed by atoms with Crippen LogP contribution in [0, 0.1) is 0 Å². The summed E-state index contributed by atoms with van der Waals surface area (Å²) in [5, 5.41) is 5.21. The molecule has 0 aliphatic carbocycles. The Balaban J connectivity index is 1.92. The average Bonchev–Trinajstić information content (AvgIpc) is 3.02. The van der Waals surface area contributed by atoms with Crippen LogP contribution < -0.4 is 4.90 Å². The molecular formula is C19H19N5O4. The summed E-state index contributed by atoms with van der Waals surface area (Å²) in [7, 11) is 1.69. The molecule has 4 rings (SSSR count). The fraction of sp³-hybridized carbons (Fsp3) is 0.316. The van der Waals surface area contributed by atoms with Crippen molar-refractivity contribution in [2.24, 2.45) is 5.10 Å². The maximum atomic E-state index is 12.3. The summed E-state index contributed by atoms with van der Waals surface area (Å²) in [5.74, 6) is -1.23. The lowest BCUT2D eigenvalue weighted by atomic mass is 10.1. The first kappa shape index (κ1) is 18.1. The van der Waals surface area contributed by atoms with Gasteiger partial charge in [-0.15, -0.1) is 5.10 Å². The van der Waals surface area contributed by atoms with Gasteiger partial charge in [0.2, 0.25) is 11.8 Å². The number of hydrogen-bond acceptors (Lipinski definition) is 8. The van der Waals surface area contributed by atoms with Crippen molar-refractivity contribution in [2.45, 2.75) is 32.9 Å². The molecule has 1 aromatic carbocycles. The van der Waals surface area contributed by atoms with Gasteiger partial charge in [0.05, 0.1) is 0 Å². The molecule has 3 heterocycles. The maximum Gasteiger partial charge on any atom is 0.354 e. The summed E-state index contributed by atoms with van der Waals surface area (Å²) in [6, 6.07) is 9.46. The van der Waals surface area contributed by atoms with Crippen LogP contribution in [0.15, 0.2) is 41.6 Å². The molecule has 2 aliphatic rings. The molecular weight excluding hydrogens is 362 g/mol. The summed E-state index contributed by atoms with van der Waals surface area (Å²) >= 11 is 0. The van der Waals surface area contributed by atoms with Crippen LogP contribution in [0.1, 0.15) is 26.3 Å². The van der Waals surface area contributed by atoms with E-state index in [4.69, 9.17) is 9.47 Å². The standard InChI is InChI=1S/C19H19N5O4/c1-11(25)18-23(4)17-15(10-20-16(21-17)14-8-6-5-7-9-14)19(28-18)24(13(3)26)22-12(2)27-19/h5-10,18H,1-4H3. The number of aromatic nitrogens is 2. The molecule has 1 aromatic heterocycles. The van der Waals surface area contributed by atoms with E-state index in [0.717, 1.165) is 10.6 Å². The number of ketones is 1. The van der Waals surface area contributed by atoms with Crippen LogP contribution in [0.2, 0.25) is 0 Å². The van der Waals surface area contributed by atoms with E-state index in [1.165, 1.54) is 13.8 Å². The molecule has 1 spiro atoms. The van der Waals surface area contributed by atoms with Crippen LogP contribution >= 0.6 is 0 Å². The predicted octanol–water partition coefficient (Wildman–Crippen LogP) is 1.85. The Morgan fingerprint density at radius 2 is 1.89 bits per heavy atom. The minimum Gasteiger partial charge on any atom is -0.424 e. The van der Waals surface area contributed by atoms with Crippen molar-refractivity contribution in [1.82, 2.24) is 15.0 Å². The minimum absolute atomic E-state index is 0.236. The van der Waals surface area contributed by atoms with Gasteiger partial charge >= 0.3 is 5.91 Å². The quantitative estimate of drug-likeness (QED) is 0.783. The number of amides is 1. The van der Waals surface area contributed by atoms with Crippen molar-refractivity contribution >= 4 is 23.4 Å². The van der Waals surface area contributed by atoms with E-state index in [2.05, 4.69) is 15.1 Å². The number of hydrogen-bond donors (Lipinski definition) is 0. The van der Waals surface area contributed by atoms with E-state index in [1.54, 1.807) is 25.1 Å². The number of benzene rings is 1. The highest BCUT2D eigenvalue weighted by atomic mass is 16.8. The van der Waals surface area contributed by atoms with Crippen LogP contribution in [0.25, 0.3) is 11.4 Å². The number of nitrogens with zero attached hydrogens (tertiary/aromatic N) is 5. The Kier molecular flexibility index (Phi) is 4.11. The average molecular weight is 381 g/mol. The van der Waals surface area contributed by atoms with Gasteiger partial charge in [0, 0.05) is 32.7 Å². The number of Topliss-reactive ketones (excluding diaryl/α,β-unsaturated/α-hetero) is 1. The van der Waals surface area contributed by atoms with Crippen LogP contribution in [0.3, 0.4) is 0 Å². The second-order valence-electron chi connectivity index (χ2n) is 6.62. The van der Waals surface area contributed by atoms with Crippen LogP contribution in [-0.2, 0) is 25.0 Å². The third kappa shape index (κ3) is 2.63. The normalized spacial score (nSPS) is 23.3. The first-order valence-corrected chi connectivity index (χ1v) is 8.72. The Bertz CT molecular complexity index is 993. The lowest BCUT2D eigenvalue weighted by Gasteiger charge is -2.44. The van der Waals surface area contributed by atoms with E-state index in [0.29, 0.717) is 17.2 Å². The molecule has 9 nitrogen and oxygen atoms in total. The van der Waals surface area contributed by atoms with Crippen LogP contribution in [0.5, 0.6) is 0 Å². The first-order chi connectivity index (χ1) is 13.3. The minimum atomic E-state index is -1.72. The fourth-order valence-corrected chi connectivity index (χ4v) is 3.34. The molecule has 0 saturated carbocycles. The van der Waals surface area contributed by atoms with E-state index in [1.807, 2.05) is 30.3 Å². The molecule has 28 heavy (non-hydrogen) atoms. The monoisotopic (exact) mass is 381 g/mol. The molecule has 144 valence electrons. The molecule has 0 bridgehead atoms. The summed E-state index contributed by atoms with van der Waals surface area (Å²) in [5.41, 5.74) is 1.21. The number of anilines is 1. The first-order valence-electron chi connectivity index (χ1n) is 8.72. The lowest BCUT2D eigenvalue weighted by Crippen LogP contribution is -2.58. The summed E-state index contributed by atoms with van der Waals surface area (Å²) < 4.78 is 11.8. The molecule has 2 unspecified atom stereocenters. The van der Waals surface area contributed by atoms with Gasteiger partial charge in [0.1, 0.15) is 11.4 Å². The number of carbonyl (C=O) groups is 2. The van der Waals surface area contributed by atoms with Gasteiger partial charge in [-0.25, -0.2) is 9.97 Å². The van der Waals surface area contributed by atoms with Gasteiger partial charge in [0.25, 0.3) is 0 Å². The zero-order chi connectivity index (χ0) is 20.1. The van der Waals surface area contributed by atoms with Gasteiger partial charge in [-0.2, -0.15) is 5.01 Å². The largest absolute Gasteiger partial charge is 0.424 e. The van der Waals surface area contributed by atoms with Gasteiger partial charge in [-0.1, -0.05) is 30.3 Å². The fourth-order valence-electron chi connectivity index (χ4n) is 3.34. The van der Waals surface area contributed by atoms with Gasteiger partial charge in [0.15, 0.2) is 17.8 Å². The second-order valence-corrected chi connectivity index (χ2v) is 6.62. The molecule has 2 atom stereocenters. The molecule has 0 radical (unpaired) electrons. The van der Waals surface area contributed by atoms with Gasteiger partial charge in [-0.05, 0) is 6.92 Å². The zero-order valence-corrected chi connectivity index (χ0v) is 15.9. The van der Waals surface area contributed by atoms with E-state index < -0.39 is 18.0 Å². The molecule has 0 N–H and O–H groups in total. The molecule has 0 fully saturated rings. The molecule has 1 amide bonds. The number of fused-ring (bicyclic) bond motifs is 2. The molecule has 2 aromatic rings. The van der Waals surface area contributed by atoms with Crippen molar-refractivity contribution in [3.63, 3.8) is 0 Å². The zero-order valence-electron chi connectivity index (χ0n) is 15.9. The number of carbonyl (C=O) groups excluding carboxylic acids is 2. The number of rotatable bonds is 2. The van der Waals surface area contributed by atoms with Crippen molar-refractivity contribution in [3.8, 4) is 11.4 Å². The van der Waals surface area contributed by atoms with Crippen molar-refractivity contribution in [1.29, 1.82) is 0 Å². The highest BCUT2D eigenvalue weighted by Crippen LogP contribution is 2.45. The molecule has 9 heteroatoms. The van der Waals surface area contributed by atoms with Crippen LogP contribution in [-0.4, -0.2) is 45.8 Å². The van der Waals surface area contributed by atoms with Crippen molar-refractivity contribution in [2.75, 3.05) is 11.9 Å². The van der Waals surface area contributed by atoms with E-state index in [-0.39, 0.29) is 11.7 Å². The number of ether oxygens (including phenoxy) is 2. The third-order valence-corrected chi connectivity index (χ3v) is 4.55. The van der Waals surface area contributed by atoms with Crippen molar-refractivity contribution < 1.29 is 19.1 Å². The summed E-state index contributed by atoms with van der Waals surface area (Å²) in [6.07, 6.45) is 0.538. The second kappa shape index (κ2) is 6.38. The molecule has 2 aliphatic heterocycles. The Hall–Kier alpha value is -3.33. The smallest absolute Gasteiger partial charge is 0.354 e. The predicted molar refractivity (Wildman–Crippen MR) is 99.8 cm³/mol. The lowest BCUT2D eigenvalue weighted by molar-refractivity contribution is -0.289. The number of likely N-dealkylation sites (N-methyl/N-ethyl adjacent to an activating group) is 1. The Morgan fingerprint density at radius 3 is 2.54 bits per heavy atom. The third-order valence-electron chi connectivity index (χ3n) is 4.55. The SMILES string of the molecule is CC(=O)C1OC2(OC(C)=NN2C(C)=O)c2cnc(-c3ccccc3)nc2N1C. The topological polar surface area (TPSA) is 97.2 Å². The molecule has 0 saturated heterocycles. The van der Waals surface area contributed by atoms with Crippen LogP contribution in [0.4, 0.5) is 5.82 Å². The Labute approximate surface area is 161 Å². The van der Waals surface area contributed by atoms with E-state index >= 15 is 0 Å². The van der Waals surface area contributed by atoms with Gasteiger partial charge in [-0.3, -0.25) is 14.3 Å². The highest BCUT2D eigenvalue weighted by molar-refractivity contribution is 5.86. The van der Waals surface area contributed by atoms with Crippen molar-refractivity contribution in [3.05, 3.63) is 42.1 Å². The van der Waals surface area contributed by atoms with Gasteiger partial charge < -0.3 is 9.64 Å². The maximum absolute atomic E-state index is 12.3. The highest BCUT2D eigenvalue weighted by Gasteiger charge is 2.57.